The Balaban J connectivity index is 1.25. The number of para-hydroxylation sites is 1. The summed E-state index contributed by atoms with van der Waals surface area (Å²) < 4.78 is 16.9. The van der Waals surface area contributed by atoms with E-state index in [1.807, 2.05) is 84.9 Å². The quantitative estimate of drug-likeness (QED) is 0.182. The number of amides is 1. The van der Waals surface area contributed by atoms with Gasteiger partial charge in [-0.05, 0) is 76.5 Å². The second-order valence-electron chi connectivity index (χ2n) is 11.3. The summed E-state index contributed by atoms with van der Waals surface area (Å²) in [5, 5.41) is 4.42. The van der Waals surface area contributed by atoms with Gasteiger partial charge < -0.3 is 19.5 Å². The number of nitrogens with one attached hydrogen (secondary N) is 1. The van der Waals surface area contributed by atoms with E-state index in [-0.39, 0.29) is 17.5 Å². The maximum absolute atomic E-state index is 13.1. The SMILES string of the molecule is COC(=O)[C@H](Cc1ccc(Oc2ccccc2)cc1)NC(=O)c1cc2ccc(Oc3ccc(C(C)(C)C)cc3)cc2cn1. The van der Waals surface area contributed by atoms with E-state index in [9.17, 15) is 9.59 Å². The number of rotatable bonds is 9. The molecular weight excluding hydrogens is 540 g/mol. The maximum Gasteiger partial charge on any atom is 0.328 e. The molecule has 0 spiro atoms. The van der Waals surface area contributed by atoms with Crippen molar-refractivity contribution in [2.75, 3.05) is 7.11 Å². The van der Waals surface area contributed by atoms with Crippen LogP contribution < -0.4 is 14.8 Å². The Kier molecular flexibility index (Phi) is 8.71. The number of hydrogen-bond donors (Lipinski definition) is 1. The molecule has 5 rings (SSSR count). The molecule has 0 unspecified atom stereocenters. The van der Waals surface area contributed by atoms with Gasteiger partial charge in [0.1, 0.15) is 34.7 Å². The zero-order valence-corrected chi connectivity index (χ0v) is 24.7. The molecule has 1 aromatic heterocycles. The van der Waals surface area contributed by atoms with Crippen LogP contribution in [0.15, 0.2) is 109 Å². The first-order valence-corrected chi connectivity index (χ1v) is 14.1. The van der Waals surface area contributed by atoms with Gasteiger partial charge in [-0.15, -0.1) is 0 Å². The molecule has 0 aliphatic rings. The fraction of sp³-hybridized carbons (Fsp3) is 0.194. The van der Waals surface area contributed by atoms with Crippen LogP contribution in [0, 0.1) is 0 Å². The first-order valence-electron chi connectivity index (χ1n) is 14.1. The molecule has 0 bridgehead atoms. The lowest BCUT2D eigenvalue weighted by atomic mass is 9.87. The smallest absolute Gasteiger partial charge is 0.328 e. The summed E-state index contributed by atoms with van der Waals surface area (Å²) in [5.41, 5.74) is 2.33. The fourth-order valence-electron chi connectivity index (χ4n) is 4.59. The van der Waals surface area contributed by atoms with E-state index in [2.05, 4.69) is 43.2 Å². The molecule has 0 saturated heterocycles. The molecular formula is C36H34N2O5. The summed E-state index contributed by atoms with van der Waals surface area (Å²) in [4.78, 5) is 30.1. The number of pyridine rings is 1. The van der Waals surface area contributed by atoms with Gasteiger partial charge in [-0.3, -0.25) is 9.78 Å². The van der Waals surface area contributed by atoms with Crippen molar-refractivity contribution in [3.8, 4) is 23.0 Å². The summed E-state index contributed by atoms with van der Waals surface area (Å²) in [6, 6.07) is 31.3. The Bertz CT molecular complexity index is 1710. The van der Waals surface area contributed by atoms with Crippen molar-refractivity contribution in [2.24, 2.45) is 0 Å². The third-order valence-electron chi connectivity index (χ3n) is 7.01. The number of carbonyl (C=O) groups excluding carboxylic acids is 2. The van der Waals surface area contributed by atoms with Crippen molar-refractivity contribution in [3.05, 3.63) is 126 Å². The largest absolute Gasteiger partial charge is 0.467 e. The van der Waals surface area contributed by atoms with Crippen molar-refractivity contribution < 1.29 is 23.8 Å². The summed E-state index contributed by atoms with van der Waals surface area (Å²) in [5.74, 6) is 1.79. The Morgan fingerprint density at radius 1 is 0.744 bits per heavy atom. The minimum Gasteiger partial charge on any atom is -0.467 e. The predicted molar refractivity (Wildman–Crippen MR) is 167 cm³/mol. The van der Waals surface area contributed by atoms with Crippen LogP contribution in [-0.4, -0.2) is 30.0 Å². The molecule has 1 N–H and O–H groups in total. The molecule has 1 amide bonds. The van der Waals surface area contributed by atoms with Gasteiger partial charge in [-0.2, -0.15) is 0 Å². The highest BCUT2D eigenvalue weighted by Gasteiger charge is 2.23. The number of methoxy groups -OCH3 is 1. The van der Waals surface area contributed by atoms with Crippen LogP contribution >= 0.6 is 0 Å². The number of aromatic nitrogens is 1. The molecule has 218 valence electrons. The number of fused-ring (bicyclic) bond motifs is 1. The van der Waals surface area contributed by atoms with Gasteiger partial charge in [-0.25, -0.2) is 4.79 Å². The Morgan fingerprint density at radius 3 is 2.00 bits per heavy atom. The Morgan fingerprint density at radius 2 is 1.35 bits per heavy atom. The lowest BCUT2D eigenvalue weighted by molar-refractivity contribution is -0.142. The van der Waals surface area contributed by atoms with Crippen LogP contribution in [0.2, 0.25) is 0 Å². The summed E-state index contributed by atoms with van der Waals surface area (Å²) >= 11 is 0. The van der Waals surface area contributed by atoms with Crippen molar-refractivity contribution in [3.63, 3.8) is 0 Å². The van der Waals surface area contributed by atoms with E-state index in [4.69, 9.17) is 14.2 Å². The van der Waals surface area contributed by atoms with Gasteiger partial charge in [0.2, 0.25) is 0 Å². The molecule has 7 nitrogen and oxygen atoms in total. The lowest BCUT2D eigenvalue weighted by Crippen LogP contribution is -2.43. The standard InChI is InChI=1S/C36H34N2O5/c1-36(2,3)27-13-18-30(19-14-27)43-31-17-12-25-22-32(37-23-26(25)21-31)34(39)38-33(35(40)41-4)20-24-10-15-29(16-11-24)42-28-8-6-5-7-9-28/h5-19,21-23,33H,20H2,1-4H3,(H,38,39)/t33-/m0/s1. The minimum absolute atomic E-state index is 0.0672. The van der Waals surface area contributed by atoms with Gasteiger partial charge in [0.15, 0.2) is 0 Å². The molecule has 0 radical (unpaired) electrons. The number of carbonyl (C=O) groups is 2. The summed E-state index contributed by atoms with van der Waals surface area (Å²) in [7, 11) is 1.30. The normalized spacial score (nSPS) is 11.9. The van der Waals surface area contributed by atoms with Gasteiger partial charge in [0, 0.05) is 18.0 Å². The highest BCUT2D eigenvalue weighted by molar-refractivity contribution is 5.98. The number of benzene rings is 4. The molecule has 0 aliphatic carbocycles. The maximum atomic E-state index is 13.1. The lowest BCUT2D eigenvalue weighted by Gasteiger charge is -2.19. The van der Waals surface area contributed by atoms with Gasteiger partial charge in [-0.1, -0.05) is 69.3 Å². The molecule has 0 aliphatic heterocycles. The van der Waals surface area contributed by atoms with Crippen LogP contribution in [0.3, 0.4) is 0 Å². The van der Waals surface area contributed by atoms with Crippen molar-refractivity contribution in [1.29, 1.82) is 0 Å². The highest BCUT2D eigenvalue weighted by atomic mass is 16.5. The van der Waals surface area contributed by atoms with Crippen molar-refractivity contribution in [1.82, 2.24) is 10.3 Å². The zero-order valence-electron chi connectivity index (χ0n) is 24.7. The number of nitrogens with zero attached hydrogens (tertiary/aromatic N) is 1. The average Bonchev–Trinajstić information content (AvgIpc) is 3.01. The second-order valence-corrected chi connectivity index (χ2v) is 11.3. The zero-order chi connectivity index (χ0) is 30.4. The van der Waals surface area contributed by atoms with E-state index in [0.717, 1.165) is 27.8 Å². The third-order valence-corrected chi connectivity index (χ3v) is 7.01. The van der Waals surface area contributed by atoms with E-state index in [1.165, 1.54) is 12.7 Å². The molecule has 1 heterocycles. The van der Waals surface area contributed by atoms with E-state index in [0.29, 0.717) is 11.5 Å². The van der Waals surface area contributed by atoms with Gasteiger partial charge in [0.25, 0.3) is 5.91 Å². The fourth-order valence-corrected chi connectivity index (χ4v) is 4.59. The van der Waals surface area contributed by atoms with Gasteiger partial charge in [0.05, 0.1) is 7.11 Å². The Labute approximate surface area is 251 Å². The predicted octanol–water partition coefficient (Wildman–Crippen LogP) is 7.63. The molecule has 7 heteroatoms. The highest BCUT2D eigenvalue weighted by Crippen LogP contribution is 2.29. The third kappa shape index (κ3) is 7.57. The minimum atomic E-state index is -0.892. The van der Waals surface area contributed by atoms with E-state index >= 15 is 0 Å². The summed E-state index contributed by atoms with van der Waals surface area (Å²) in [6.07, 6.45) is 1.87. The van der Waals surface area contributed by atoms with Crippen molar-refractivity contribution in [2.45, 2.75) is 38.6 Å². The van der Waals surface area contributed by atoms with Crippen molar-refractivity contribution >= 4 is 22.6 Å². The van der Waals surface area contributed by atoms with Crippen LogP contribution in [0.4, 0.5) is 0 Å². The Hall–Kier alpha value is -5.17. The first-order chi connectivity index (χ1) is 20.7. The van der Waals surface area contributed by atoms with Gasteiger partial charge >= 0.3 is 5.97 Å². The molecule has 0 saturated carbocycles. The molecule has 4 aromatic carbocycles. The average molecular weight is 575 g/mol. The number of esters is 1. The number of ether oxygens (including phenoxy) is 3. The molecule has 43 heavy (non-hydrogen) atoms. The molecule has 1 atom stereocenters. The monoisotopic (exact) mass is 574 g/mol. The summed E-state index contributed by atoms with van der Waals surface area (Å²) in [6.45, 7) is 6.51. The number of hydrogen-bond acceptors (Lipinski definition) is 6. The van der Waals surface area contributed by atoms with Crippen LogP contribution in [0.5, 0.6) is 23.0 Å². The van der Waals surface area contributed by atoms with E-state index in [1.54, 1.807) is 12.3 Å². The van der Waals surface area contributed by atoms with E-state index < -0.39 is 17.9 Å². The van der Waals surface area contributed by atoms with Crippen LogP contribution in [0.25, 0.3) is 10.8 Å². The topological polar surface area (TPSA) is 86.8 Å². The van der Waals surface area contributed by atoms with Crippen LogP contribution in [0.1, 0.15) is 42.4 Å². The molecule has 0 fully saturated rings. The second kappa shape index (κ2) is 12.8. The van der Waals surface area contributed by atoms with Crippen LogP contribution in [-0.2, 0) is 21.4 Å². The first kappa shape index (κ1) is 29.3. The molecule has 5 aromatic rings.